The highest BCUT2D eigenvalue weighted by Crippen LogP contribution is 2.23. The summed E-state index contributed by atoms with van der Waals surface area (Å²) in [5.41, 5.74) is 8.23. The number of para-hydroxylation sites is 2. The van der Waals surface area contributed by atoms with Gasteiger partial charge in [-0.15, -0.1) is 0 Å². The fourth-order valence-electron chi connectivity index (χ4n) is 1.92. The predicted molar refractivity (Wildman–Crippen MR) is 79.7 cm³/mol. The lowest BCUT2D eigenvalue weighted by Crippen LogP contribution is -2.15. The Bertz CT molecular complexity index is 579. The average molecular weight is 270 g/mol. The summed E-state index contributed by atoms with van der Waals surface area (Å²) in [6.07, 6.45) is 0.322. The molecule has 104 valence electrons. The highest BCUT2D eigenvalue weighted by Gasteiger charge is 2.07. The number of nitrogens with one attached hydrogen (secondary N) is 1. The second-order valence-corrected chi connectivity index (χ2v) is 4.45. The van der Waals surface area contributed by atoms with Crippen LogP contribution in [0.15, 0.2) is 48.5 Å². The topological polar surface area (TPSA) is 64.3 Å². The second-order valence-electron chi connectivity index (χ2n) is 4.45. The van der Waals surface area contributed by atoms with E-state index < -0.39 is 0 Å². The summed E-state index contributed by atoms with van der Waals surface area (Å²) in [5.74, 6) is 0.578. The number of benzene rings is 2. The molecule has 1 amide bonds. The molecule has 4 heteroatoms. The summed E-state index contributed by atoms with van der Waals surface area (Å²) in [5, 5.41) is 2.85. The molecular weight excluding hydrogens is 252 g/mol. The number of rotatable bonds is 5. The van der Waals surface area contributed by atoms with E-state index in [9.17, 15) is 4.79 Å². The molecule has 0 aliphatic heterocycles. The Labute approximate surface area is 118 Å². The minimum atomic E-state index is -0.0741. The third-order valence-corrected chi connectivity index (χ3v) is 3.00. The minimum absolute atomic E-state index is 0.0741. The number of amides is 1. The van der Waals surface area contributed by atoms with Crippen LogP contribution < -0.4 is 15.8 Å². The van der Waals surface area contributed by atoms with Gasteiger partial charge in [0.05, 0.1) is 19.2 Å². The van der Waals surface area contributed by atoms with E-state index in [2.05, 4.69) is 5.32 Å². The molecule has 2 aromatic carbocycles. The van der Waals surface area contributed by atoms with E-state index in [1.54, 1.807) is 7.11 Å². The third-order valence-electron chi connectivity index (χ3n) is 3.00. The number of hydrogen-bond acceptors (Lipinski definition) is 3. The van der Waals surface area contributed by atoms with E-state index in [4.69, 9.17) is 10.5 Å². The van der Waals surface area contributed by atoms with Crippen molar-refractivity contribution in [2.24, 2.45) is 5.73 Å². The van der Waals surface area contributed by atoms with Crippen LogP contribution in [-0.2, 0) is 17.8 Å². The third kappa shape index (κ3) is 3.59. The standard InChI is InChI=1S/C16H18N2O2/c1-20-15-5-3-2-4-14(15)18-16(19)10-12-6-8-13(11-17)9-7-12/h2-9H,10-11,17H2,1H3,(H,18,19). The molecule has 0 spiro atoms. The summed E-state index contributed by atoms with van der Waals surface area (Å²) < 4.78 is 5.20. The Morgan fingerprint density at radius 1 is 1.10 bits per heavy atom. The van der Waals surface area contributed by atoms with Crippen LogP contribution in [0.25, 0.3) is 0 Å². The molecule has 0 bridgehead atoms. The fraction of sp³-hybridized carbons (Fsp3) is 0.188. The molecule has 0 saturated heterocycles. The highest BCUT2D eigenvalue weighted by molar-refractivity contribution is 5.93. The quantitative estimate of drug-likeness (QED) is 0.876. The smallest absolute Gasteiger partial charge is 0.228 e. The summed E-state index contributed by atoms with van der Waals surface area (Å²) in [4.78, 5) is 12.0. The Morgan fingerprint density at radius 3 is 2.40 bits per heavy atom. The molecule has 0 unspecified atom stereocenters. The maximum Gasteiger partial charge on any atom is 0.228 e. The van der Waals surface area contributed by atoms with Crippen LogP contribution in [-0.4, -0.2) is 13.0 Å². The van der Waals surface area contributed by atoms with Gasteiger partial charge in [0.2, 0.25) is 5.91 Å². The first-order chi connectivity index (χ1) is 9.72. The van der Waals surface area contributed by atoms with Crippen LogP contribution in [0.4, 0.5) is 5.69 Å². The number of carbonyl (C=O) groups excluding carboxylic acids is 1. The van der Waals surface area contributed by atoms with Gasteiger partial charge in [-0.2, -0.15) is 0 Å². The fourth-order valence-corrected chi connectivity index (χ4v) is 1.92. The van der Waals surface area contributed by atoms with E-state index in [1.165, 1.54) is 0 Å². The van der Waals surface area contributed by atoms with E-state index in [0.29, 0.717) is 24.4 Å². The molecule has 0 aromatic heterocycles. The molecule has 0 aliphatic carbocycles. The van der Waals surface area contributed by atoms with Crippen molar-refractivity contribution >= 4 is 11.6 Å². The summed E-state index contributed by atoms with van der Waals surface area (Å²) in [6.45, 7) is 0.508. The Kier molecular flexibility index (Phi) is 4.74. The first-order valence-corrected chi connectivity index (χ1v) is 6.43. The normalized spacial score (nSPS) is 10.1. The van der Waals surface area contributed by atoms with Crippen LogP contribution in [0.2, 0.25) is 0 Å². The monoisotopic (exact) mass is 270 g/mol. The summed E-state index contributed by atoms with van der Waals surface area (Å²) >= 11 is 0. The Balaban J connectivity index is 2.01. The lowest BCUT2D eigenvalue weighted by molar-refractivity contribution is -0.115. The van der Waals surface area contributed by atoms with Crippen molar-refractivity contribution in [3.63, 3.8) is 0 Å². The number of anilines is 1. The van der Waals surface area contributed by atoms with Gasteiger partial charge in [-0.25, -0.2) is 0 Å². The lowest BCUT2D eigenvalue weighted by atomic mass is 10.1. The number of methoxy groups -OCH3 is 1. The van der Waals surface area contributed by atoms with Crippen LogP contribution in [0.5, 0.6) is 5.75 Å². The zero-order valence-electron chi connectivity index (χ0n) is 11.4. The predicted octanol–water partition coefficient (Wildman–Crippen LogP) is 2.34. The second kappa shape index (κ2) is 6.73. The molecule has 0 fully saturated rings. The molecule has 0 atom stereocenters. The van der Waals surface area contributed by atoms with Crippen molar-refractivity contribution in [3.8, 4) is 5.75 Å². The van der Waals surface area contributed by atoms with Gasteiger partial charge in [-0.1, -0.05) is 36.4 Å². The first kappa shape index (κ1) is 14.1. The van der Waals surface area contributed by atoms with E-state index in [-0.39, 0.29) is 5.91 Å². The van der Waals surface area contributed by atoms with Gasteiger partial charge in [0, 0.05) is 6.54 Å². The molecule has 2 rings (SSSR count). The molecule has 4 nitrogen and oxygen atoms in total. The number of hydrogen-bond donors (Lipinski definition) is 2. The van der Waals surface area contributed by atoms with Gasteiger partial charge in [0.1, 0.15) is 5.75 Å². The molecule has 3 N–H and O–H groups in total. The number of ether oxygens (including phenoxy) is 1. The van der Waals surface area contributed by atoms with Gasteiger partial charge in [0.25, 0.3) is 0 Å². The molecule has 2 aromatic rings. The van der Waals surface area contributed by atoms with E-state index in [0.717, 1.165) is 11.1 Å². The summed E-state index contributed by atoms with van der Waals surface area (Å²) in [6, 6.07) is 15.1. The van der Waals surface area contributed by atoms with Crippen molar-refractivity contribution in [1.82, 2.24) is 0 Å². The van der Waals surface area contributed by atoms with Crippen molar-refractivity contribution in [2.45, 2.75) is 13.0 Å². The SMILES string of the molecule is COc1ccccc1NC(=O)Cc1ccc(CN)cc1. The maximum atomic E-state index is 12.0. The molecule has 0 radical (unpaired) electrons. The number of nitrogens with two attached hydrogens (primary N) is 1. The van der Waals surface area contributed by atoms with Crippen molar-refractivity contribution in [1.29, 1.82) is 0 Å². The largest absolute Gasteiger partial charge is 0.495 e. The van der Waals surface area contributed by atoms with Crippen LogP contribution in [0, 0.1) is 0 Å². The zero-order valence-corrected chi connectivity index (χ0v) is 11.4. The minimum Gasteiger partial charge on any atom is -0.495 e. The average Bonchev–Trinajstić information content (AvgIpc) is 2.48. The Morgan fingerprint density at radius 2 is 1.75 bits per heavy atom. The van der Waals surface area contributed by atoms with Crippen molar-refractivity contribution in [3.05, 3.63) is 59.7 Å². The van der Waals surface area contributed by atoms with Crippen molar-refractivity contribution in [2.75, 3.05) is 12.4 Å². The first-order valence-electron chi connectivity index (χ1n) is 6.43. The van der Waals surface area contributed by atoms with Crippen LogP contribution >= 0.6 is 0 Å². The van der Waals surface area contributed by atoms with E-state index in [1.807, 2.05) is 48.5 Å². The Hall–Kier alpha value is -2.33. The molecule has 20 heavy (non-hydrogen) atoms. The van der Waals surface area contributed by atoms with Gasteiger partial charge in [0.15, 0.2) is 0 Å². The van der Waals surface area contributed by atoms with Gasteiger partial charge >= 0.3 is 0 Å². The van der Waals surface area contributed by atoms with Gasteiger partial charge < -0.3 is 15.8 Å². The molecule has 0 aliphatic rings. The number of carbonyl (C=O) groups is 1. The molecule has 0 heterocycles. The molecular formula is C16H18N2O2. The van der Waals surface area contributed by atoms with Gasteiger partial charge in [-0.05, 0) is 23.3 Å². The van der Waals surface area contributed by atoms with E-state index >= 15 is 0 Å². The van der Waals surface area contributed by atoms with Crippen LogP contribution in [0.3, 0.4) is 0 Å². The zero-order chi connectivity index (χ0) is 14.4. The molecule has 0 saturated carbocycles. The summed E-state index contributed by atoms with van der Waals surface area (Å²) in [7, 11) is 1.58. The maximum absolute atomic E-state index is 12.0. The lowest BCUT2D eigenvalue weighted by Gasteiger charge is -2.10. The van der Waals surface area contributed by atoms with Crippen LogP contribution in [0.1, 0.15) is 11.1 Å². The van der Waals surface area contributed by atoms with Gasteiger partial charge in [-0.3, -0.25) is 4.79 Å². The van der Waals surface area contributed by atoms with Crippen molar-refractivity contribution < 1.29 is 9.53 Å². The highest BCUT2D eigenvalue weighted by atomic mass is 16.5.